The lowest BCUT2D eigenvalue weighted by molar-refractivity contribution is 0.0942. The van der Waals surface area contributed by atoms with Gasteiger partial charge in [0.25, 0.3) is 5.91 Å². The second-order valence-electron chi connectivity index (χ2n) is 5.75. The van der Waals surface area contributed by atoms with Crippen molar-refractivity contribution in [1.82, 2.24) is 15.5 Å². The number of aromatic nitrogens is 2. The summed E-state index contributed by atoms with van der Waals surface area (Å²) in [5.74, 6) is 1.19. The molecule has 1 aromatic carbocycles. The van der Waals surface area contributed by atoms with Crippen LogP contribution in [0, 0.1) is 12.8 Å². The fraction of sp³-hybridized carbons (Fsp3) is 0.412. The molecule has 2 aromatic rings. The van der Waals surface area contributed by atoms with Gasteiger partial charge in [-0.2, -0.15) is 5.10 Å². The van der Waals surface area contributed by atoms with Crippen molar-refractivity contribution >= 4 is 5.91 Å². The van der Waals surface area contributed by atoms with Crippen LogP contribution in [0.1, 0.15) is 35.6 Å². The van der Waals surface area contributed by atoms with Crippen molar-refractivity contribution in [2.24, 2.45) is 5.92 Å². The first-order valence-corrected chi connectivity index (χ1v) is 7.57. The zero-order valence-electron chi connectivity index (χ0n) is 13.3. The Hall–Kier alpha value is -2.30. The molecule has 118 valence electrons. The van der Waals surface area contributed by atoms with Gasteiger partial charge in [0, 0.05) is 5.69 Å². The number of aromatic amines is 1. The fourth-order valence-electron chi connectivity index (χ4n) is 2.16. The number of para-hydroxylation sites is 1. The average molecular weight is 301 g/mol. The van der Waals surface area contributed by atoms with Gasteiger partial charge < -0.3 is 10.1 Å². The summed E-state index contributed by atoms with van der Waals surface area (Å²) in [5.41, 5.74) is 2.49. The van der Waals surface area contributed by atoms with Gasteiger partial charge in [-0.05, 0) is 37.0 Å². The van der Waals surface area contributed by atoms with E-state index in [1.54, 1.807) is 6.07 Å². The minimum Gasteiger partial charge on any atom is -0.491 e. The van der Waals surface area contributed by atoms with Gasteiger partial charge in [0.05, 0.1) is 6.54 Å². The molecule has 0 radical (unpaired) electrons. The lowest BCUT2D eigenvalue weighted by atomic mass is 10.1. The number of carbonyl (C=O) groups excluding carboxylic acids is 1. The van der Waals surface area contributed by atoms with Crippen molar-refractivity contribution < 1.29 is 9.53 Å². The molecule has 0 atom stereocenters. The van der Waals surface area contributed by atoms with Crippen molar-refractivity contribution in [2.75, 3.05) is 13.2 Å². The van der Waals surface area contributed by atoms with E-state index in [4.69, 9.17) is 4.74 Å². The molecule has 0 aliphatic rings. The monoisotopic (exact) mass is 301 g/mol. The van der Waals surface area contributed by atoms with Crippen LogP contribution in [0.3, 0.4) is 0 Å². The number of rotatable bonds is 7. The molecule has 5 nitrogen and oxygen atoms in total. The average Bonchev–Trinajstić information content (AvgIpc) is 2.93. The molecular weight excluding hydrogens is 278 g/mol. The summed E-state index contributed by atoms with van der Waals surface area (Å²) in [7, 11) is 0. The molecule has 2 N–H and O–H groups in total. The van der Waals surface area contributed by atoms with Crippen LogP contribution in [0.5, 0.6) is 5.75 Å². The first-order valence-electron chi connectivity index (χ1n) is 7.57. The predicted octanol–water partition coefficient (Wildman–Crippen LogP) is 2.73. The molecule has 2 rings (SSSR count). The molecule has 0 fully saturated rings. The summed E-state index contributed by atoms with van der Waals surface area (Å²) >= 11 is 0. The summed E-state index contributed by atoms with van der Waals surface area (Å²) in [4.78, 5) is 12.0. The number of carbonyl (C=O) groups is 1. The minimum absolute atomic E-state index is 0.181. The zero-order valence-corrected chi connectivity index (χ0v) is 13.3. The van der Waals surface area contributed by atoms with Crippen LogP contribution in [0.2, 0.25) is 0 Å². The van der Waals surface area contributed by atoms with E-state index in [2.05, 4.69) is 29.4 Å². The Morgan fingerprint density at radius 3 is 2.86 bits per heavy atom. The SMILES string of the molecule is Cc1ccccc1OCCNC(=O)c1cc(CC(C)C)[nH]n1. The Morgan fingerprint density at radius 2 is 2.14 bits per heavy atom. The van der Waals surface area contributed by atoms with Crippen molar-refractivity contribution in [3.05, 3.63) is 47.3 Å². The third kappa shape index (κ3) is 4.62. The van der Waals surface area contributed by atoms with Gasteiger partial charge >= 0.3 is 0 Å². The van der Waals surface area contributed by atoms with E-state index < -0.39 is 0 Å². The number of amides is 1. The molecule has 0 saturated heterocycles. The second kappa shape index (κ2) is 7.64. The van der Waals surface area contributed by atoms with Crippen molar-refractivity contribution in [2.45, 2.75) is 27.2 Å². The molecule has 1 heterocycles. The number of hydrogen-bond donors (Lipinski definition) is 2. The molecule has 0 spiro atoms. The Balaban J connectivity index is 1.76. The molecule has 0 bridgehead atoms. The predicted molar refractivity (Wildman–Crippen MR) is 86.1 cm³/mol. The van der Waals surface area contributed by atoms with Crippen LogP contribution in [0.4, 0.5) is 0 Å². The highest BCUT2D eigenvalue weighted by Gasteiger charge is 2.10. The maximum absolute atomic E-state index is 12.0. The lowest BCUT2D eigenvalue weighted by Crippen LogP contribution is -2.28. The first kappa shape index (κ1) is 16.1. The highest BCUT2D eigenvalue weighted by molar-refractivity contribution is 5.92. The highest BCUT2D eigenvalue weighted by Crippen LogP contribution is 2.15. The quantitative estimate of drug-likeness (QED) is 0.773. The molecule has 1 aromatic heterocycles. The summed E-state index contributed by atoms with van der Waals surface area (Å²) in [5, 5.41) is 9.75. The minimum atomic E-state index is -0.181. The smallest absolute Gasteiger partial charge is 0.271 e. The number of H-pyrrole nitrogens is 1. The third-order valence-corrected chi connectivity index (χ3v) is 3.23. The topological polar surface area (TPSA) is 67.0 Å². The van der Waals surface area contributed by atoms with E-state index in [0.717, 1.165) is 23.4 Å². The van der Waals surface area contributed by atoms with Gasteiger partial charge in [0.2, 0.25) is 0 Å². The maximum atomic E-state index is 12.0. The summed E-state index contributed by atoms with van der Waals surface area (Å²) < 4.78 is 5.64. The van der Waals surface area contributed by atoms with Gasteiger partial charge in [-0.15, -0.1) is 0 Å². The van der Waals surface area contributed by atoms with E-state index in [0.29, 0.717) is 24.8 Å². The van der Waals surface area contributed by atoms with Crippen LogP contribution in [-0.2, 0) is 6.42 Å². The maximum Gasteiger partial charge on any atom is 0.271 e. The van der Waals surface area contributed by atoms with Crippen molar-refractivity contribution in [3.8, 4) is 5.75 Å². The molecule has 0 aliphatic heterocycles. The fourth-order valence-corrected chi connectivity index (χ4v) is 2.16. The van der Waals surface area contributed by atoms with Crippen LogP contribution in [-0.4, -0.2) is 29.3 Å². The van der Waals surface area contributed by atoms with E-state index in [9.17, 15) is 4.79 Å². The largest absolute Gasteiger partial charge is 0.491 e. The van der Waals surface area contributed by atoms with E-state index in [1.165, 1.54) is 0 Å². The van der Waals surface area contributed by atoms with Gasteiger partial charge in [-0.1, -0.05) is 32.0 Å². The summed E-state index contributed by atoms with van der Waals surface area (Å²) in [6, 6.07) is 9.62. The van der Waals surface area contributed by atoms with Crippen molar-refractivity contribution in [1.29, 1.82) is 0 Å². The van der Waals surface area contributed by atoms with Crippen LogP contribution < -0.4 is 10.1 Å². The van der Waals surface area contributed by atoms with E-state index in [-0.39, 0.29) is 5.91 Å². The number of aryl methyl sites for hydroxylation is 1. The zero-order chi connectivity index (χ0) is 15.9. The Bertz CT molecular complexity index is 620. The number of ether oxygens (including phenoxy) is 1. The van der Waals surface area contributed by atoms with Crippen molar-refractivity contribution in [3.63, 3.8) is 0 Å². The van der Waals surface area contributed by atoms with Gasteiger partial charge in [0.1, 0.15) is 18.1 Å². The number of nitrogens with one attached hydrogen (secondary N) is 2. The van der Waals surface area contributed by atoms with Crippen LogP contribution in [0.25, 0.3) is 0 Å². The molecule has 0 unspecified atom stereocenters. The molecule has 22 heavy (non-hydrogen) atoms. The van der Waals surface area contributed by atoms with Gasteiger partial charge in [0.15, 0.2) is 0 Å². The van der Waals surface area contributed by atoms with E-state index in [1.807, 2.05) is 31.2 Å². The molecule has 5 heteroatoms. The summed E-state index contributed by atoms with van der Waals surface area (Å²) in [6.45, 7) is 7.13. The highest BCUT2D eigenvalue weighted by atomic mass is 16.5. The number of nitrogens with zero attached hydrogens (tertiary/aromatic N) is 1. The van der Waals surface area contributed by atoms with Crippen LogP contribution >= 0.6 is 0 Å². The number of benzene rings is 1. The number of hydrogen-bond acceptors (Lipinski definition) is 3. The summed E-state index contributed by atoms with van der Waals surface area (Å²) in [6.07, 6.45) is 0.886. The second-order valence-corrected chi connectivity index (χ2v) is 5.75. The third-order valence-electron chi connectivity index (χ3n) is 3.23. The van der Waals surface area contributed by atoms with Crippen LogP contribution in [0.15, 0.2) is 30.3 Å². The molecule has 0 aliphatic carbocycles. The van der Waals surface area contributed by atoms with Gasteiger partial charge in [-0.25, -0.2) is 0 Å². The molecule has 0 saturated carbocycles. The first-order chi connectivity index (χ1) is 10.6. The van der Waals surface area contributed by atoms with Gasteiger partial charge in [-0.3, -0.25) is 9.89 Å². The Kier molecular flexibility index (Phi) is 5.58. The Labute approximate surface area is 131 Å². The normalized spacial score (nSPS) is 10.7. The standard InChI is InChI=1S/C17H23N3O2/c1-12(2)10-14-11-15(20-19-14)17(21)18-8-9-22-16-7-5-4-6-13(16)3/h4-7,11-12H,8-10H2,1-3H3,(H,18,21)(H,19,20). The van der Waals surface area contributed by atoms with E-state index >= 15 is 0 Å². The molecular formula is C17H23N3O2. The Morgan fingerprint density at radius 1 is 1.36 bits per heavy atom. The molecule has 1 amide bonds. The lowest BCUT2D eigenvalue weighted by Gasteiger charge is -2.09.